The van der Waals surface area contributed by atoms with Crippen molar-refractivity contribution in [3.8, 4) is 5.69 Å². The second kappa shape index (κ2) is 6.09. The van der Waals surface area contributed by atoms with Crippen LogP contribution in [0, 0.1) is 29.1 Å². The standard InChI is InChI=1S/C12HF11N2O2/c13-2-3(14)5(16)7(6(17)4(2)15)25-10(27)1(9(26)12(21,22)23)8(24-25)11(18,19)20/h24H. The number of Topliss-reactive ketones (excluding diaryl/α,β-unsaturated/α-hetero) is 1. The maximum absolute atomic E-state index is 13.7. The van der Waals surface area contributed by atoms with Gasteiger partial charge in [0, 0.05) is 0 Å². The second-order valence-electron chi connectivity index (χ2n) is 4.75. The zero-order chi connectivity index (χ0) is 21.1. The summed E-state index contributed by atoms with van der Waals surface area (Å²) in [5, 5.41) is 0.737. The van der Waals surface area contributed by atoms with Gasteiger partial charge in [-0.1, -0.05) is 0 Å². The van der Waals surface area contributed by atoms with E-state index in [4.69, 9.17) is 0 Å². The second-order valence-corrected chi connectivity index (χ2v) is 4.75. The topological polar surface area (TPSA) is 54.9 Å². The van der Waals surface area contributed by atoms with Gasteiger partial charge in [0.05, 0.1) is 0 Å². The monoisotopic (exact) mass is 414 g/mol. The zero-order valence-corrected chi connectivity index (χ0v) is 11.9. The Balaban J connectivity index is 2.97. The molecule has 0 unspecified atom stereocenters. The molecule has 2 rings (SSSR count). The quantitative estimate of drug-likeness (QED) is 0.353. The van der Waals surface area contributed by atoms with Crippen LogP contribution in [-0.2, 0) is 6.18 Å². The molecule has 0 saturated heterocycles. The fourth-order valence-corrected chi connectivity index (χ4v) is 1.94. The van der Waals surface area contributed by atoms with Gasteiger partial charge in [-0.3, -0.25) is 14.7 Å². The van der Waals surface area contributed by atoms with E-state index in [1.54, 1.807) is 0 Å². The first-order valence-electron chi connectivity index (χ1n) is 6.16. The van der Waals surface area contributed by atoms with Gasteiger partial charge in [-0.2, -0.15) is 26.3 Å². The number of ketones is 1. The van der Waals surface area contributed by atoms with Crippen LogP contribution in [0.25, 0.3) is 5.69 Å². The van der Waals surface area contributed by atoms with Gasteiger partial charge in [0.2, 0.25) is 5.82 Å². The van der Waals surface area contributed by atoms with E-state index in [-0.39, 0.29) is 0 Å². The van der Waals surface area contributed by atoms with E-state index in [1.165, 1.54) is 0 Å². The molecule has 2 aromatic rings. The van der Waals surface area contributed by atoms with Gasteiger partial charge < -0.3 is 0 Å². The molecule has 0 saturated carbocycles. The zero-order valence-electron chi connectivity index (χ0n) is 11.9. The number of alkyl halides is 6. The number of carbonyl (C=O) groups is 1. The molecule has 27 heavy (non-hydrogen) atoms. The molecule has 1 N–H and O–H groups in total. The van der Waals surface area contributed by atoms with Crippen LogP contribution in [0.15, 0.2) is 4.79 Å². The largest absolute Gasteiger partial charge is 0.455 e. The van der Waals surface area contributed by atoms with Crippen LogP contribution in [0.5, 0.6) is 0 Å². The minimum absolute atomic E-state index is 0.737. The predicted molar refractivity (Wildman–Crippen MR) is 61.6 cm³/mol. The van der Waals surface area contributed by atoms with E-state index in [9.17, 15) is 57.9 Å². The molecule has 0 fully saturated rings. The van der Waals surface area contributed by atoms with Crippen molar-refractivity contribution in [1.82, 2.24) is 9.78 Å². The van der Waals surface area contributed by atoms with Crippen molar-refractivity contribution in [1.29, 1.82) is 0 Å². The fourth-order valence-electron chi connectivity index (χ4n) is 1.94. The lowest BCUT2D eigenvalue weighted by Crippen LogP contribution is -2.31. The van der Waals surface area contributed by atoms with Crippen molar-refractivity contribution in [2.45, 2.75) is 12.4 Å². The van der Waals surface area contributed by atoms with Gasteiger partial charge in [0.25, 0.3) is 11.3 Å². The summed E-state index contributed by atoms with van der Waals surface area (Å²) in [6.45, 7) is 0. The van der Waals surface area contributed by atoms with Crippen molar-refractivity contribution in [3.63, 3.8) is 0 Å². The molecule has 148 valence electrons. The van der Waals surface area contributed by atoms with Crippen LogP contribution >= 0.6 is 0 Å². The normalized spacial score (nSPS) is 12.6. The van der Waals surface area contributed by atoms with E-state index >= 15 is 0 Å². The average Bonchev–Trinajstić information content (AvgIpc) is 2.87. The summed E-state index contributed by atoms with van der Waals surface area (Å²) in [5.41, 5.74) is -10.3. The summed E-state index contributed by atoms with van der Waals surface area (Å²) in [6, 6.07) is 0. The highest BCUT2D eigenvalue weighted by atomic mass is 19.4. The van der Waals surface area contributed by atoms with Gasteiger partial charge in [-0.25, -0.2) is 26.6 Å². The number of hydrogen-bond acceptors (Lipinski definition) is 2. The summed E-state index contributed by atoms with van der Waals surface area (Å²) in [4.78, 5) is 22.9. The Morgan fingerprint density at radius 3 is 1.56 bits per heavy atom. The predicted octanol–water partition coefficient (Wildman–Crippen LogP) is 3.62. The van der Waals surface area contributed by atoms with Crippen molar-refractivity contribution < 1.29 is 53.1 Å². The Hall–Kier alpha value is -2.87. The molecule has 1 heterocycles. The fraction of sp³-hybridized carbons (Fsp3) is 0.167. The van der Waals surface area contributed by atoms with E-state index in [0.29, 0.717) is 0 Å². The maximum Gasteiger partial charge on any atom is 0.455 e. The molecular weight excluding hydrogens is 413 g/mol. The highest BCUT2D eigenvalue weighted by molar-refractivity contribution is 6.01. The molecule has 0 bridgehead atoms. The first-order valence-corrected chi connectivity index (χ1v) is 6.16. The van der Waals surface area contributed by atoms with E-state index in [1.807, 2.05) is 0 Å². The van der Waals surface area contributed by atoms with E-state index in [2.05, 4.69) is 0 Å². The summed E-state index contributed by atoms with van der Waals surface area (Å²) in [7, 11) is 0. The minimum Gasteiger partial charge on any atom is -0.286 e. The van der Waals surface area contributed by atoms with Gasteiger partial charge in [0.15, 0.2) is 29.0 Å². The van der Waals surface area contributed by atoms with Crippen LogP contribution in [0.1, 0.15) is 16.1 Å². The number of benzene rings is 1. The van der Waals surface area contributed by atoms with Crippen molar-refractivity contribution in [3.05, 3.63) is 50.7 Å². The number of rotatable bonds is 2. The highest BCUT2D eigenvalue weighted by Crippen LogP contribution is 2.33. The van der Waals surface area contributed by atoms with Crippen LogP contribution in [-0.4, -0.2) is 21.7 Å². The Labute approximate surface area is 138 Å². The van der Waals surface area contributed by atoms with Crippen molar-refractivity contribution >= 4 is 5.78 Å². The smallest absolute Gasteiger partial charge is 0.286 e. The number of halogens is 11. The Bertz CT molecular complexity index is 968. The lowest BCUT2D eigenvalue weighted by molar-refractivity contribution is -0.142. The number of carbonyl (C=O) groups excluding carboxylic acids is 1. The molecule has 0 aliphatic rings. The molecule has 1 aromatic carbocycles. The Kier molecular flexibility index (Phi) is 4.61. The van der Waals surface area contributed by atoms with E-state index < -0.39 is 74.4 Å². The molecule has 0 aliphatic carbocycles. The first-order chi connectivity index (χ1) is 12.1. The number of aromatic nitrogens is 2. The number of hydrogen-bond donors (Lipinski definition) is 1. The third kappa shape index (κ3) is 3.16. The summed E-state index contributed by atoms with van der Waals surface area (Å²) in [6.07, 6.45) is -11.9. The van der Waals surface area contributed by atoms with Gasteiger partial charge >= 0.3 is 12.4 Å². The lowest BCUT2D eigenvalue weighted by Gasteiger charge is -2.09. The molecule has 4 nitrogen and oxygen atoms in total. The number of nitrogens with zero attached hydrogens (tertiary/aromatic N) is 1. The number of aromatic amines is 1. The Morgan fingerprint density at radius 1 is 0.778 bits per heavy atom. The van der Waals surface area contributed by atoms with Crippen molar-refractivity contribution in [2.24, 2.45) is 0 Å². The maximum atomic E-state index is 13.7. The lowest BCUT2D eigenvalue weighted by atomic mass is 10.1. The molecule has 0 spiro atoms. The third-order valence-corrected chi connectivity index (χ3v) is 3.07. The molecule has 0 aliphatic heterocycles. The average molecular weight is 414 g/mol. The van der Waals surface area contributed by atoms with Crippen LogP contribution < -0.4 is 5.56 Å². The van der Waals surface area contributed by atoms with Crippen molar-refractivity contribution in [2.75, 3.05) is 0 Å². The van der Waals surface area contributed by atoms with E-state index in [0.717, 1.165) is 5.10 Å². The summed E-state index contributed by atoms with van der Waals surface area (Å²) in [5.74, 6) is -17.1. The van der Waals surface area contributed by atoms with Crippen LogP contribution in [0.2, 0.25) is 0 Å². The number of H-pyrrole nitrogens is 1. The van der Waals surface area contributed by atoms with Gasteiger partial charge in [-0.15, -0.1) is 0 Å². The molecule has 0 radical (unpaired) electrons. The number of nitrogens with one attached hydrogen (secondary N) is 1. The van der Waals surface area contributed by atoms with Gasteiger partial charge in [-0.05, 0) is 0 Å². The third-order valence-electron chi connectivity index (χ3n) is 3.07. The molecule has 0 atom stereocenters. The SMILES string of the molecule is O=C(c1c(C(F)(F)F)[nH]n(-c2c(F)c(F)c(F)c(F)c2F)c1=O)C(F)(F)F. The molecule has 0 amide bonds. The Morgan fingerprint density at radius 2 is 1.19 bits per heavy atom. The molecule has 1 aromatic heterocycles. The summed E-state index contributed by atoms with van der Waals surface area (Å²) < 4.78 is 141. The summed E-state index contributed by atoms with van der Waals surface area (Å²) >= 11 is 0. The molecule has 15 heteroatoms. The molecular formula is C12HF11N2O2. The highest BCUT2D eigenvalue weighted by Gasteiger charge is 2.49. The van der Waals surface area contributed by atoms with Gasteiger partial charge in [0.1, 0.15) is 11.3 Å². The minimum atomic E-state index is -6.02. The van der Waals surface area contributed by atoms with Crippen LogP contribution in [0.3, 0.4) is 0 Å². The van der Waals surface area contributed by atoms with Crippen LogP contribution in [0.4, 0.5) is 48.3 Å². The first kappa shape index (κ1) is 20.4.